The number of rotatable bonds is 8. The molecule has 0 aromatic rings. The summed E-state index contributed by atoms with van der Waals surface area (Å²) < 4.78 is 88.1. The summed E-state index contributed by atoms with van der Waals surface area (Å²) in [7, 11) is -10.1. The van der Waals surface area contributed by atoms with E-state index in [9.17, 15) is 61.4 Å². The van der Waals surface area contributed by atoms with E-state index < -0.39 is 127 Å². The maximum absolute atomic E-state index is 14.6. The third kappa shape index (κ3) is 6.64. The summed E-state index contributed by atoms with van der Waals surface area (Å²) in [5, 5.41) is 65.2. The van der Waals surface area contributed by atoms with E-state index in [1.165, 1.54) is 6.92 Å². The van der Waals surface area contributed by atoms with Crippen molar-refractivity contribution in [2.75, 3.05) is 13.2 Å². The van der Waals surface area contributed by atoms with Gasteiger partial charge in [0.05, 0.1) is 30.3 Å². The van der Waals surface area contributed by atoms with E-state index in [4.69, 9.17) is 17.8 Å². The fourth-order valence-electron chi connectivity index (χ4n) is 12.8. The lowest BCUT2D eigenvalue weighted by Crippen LogP contribution is -2.70. The van der Waals surface area contributed by atoms with Crippen molar-refractivity contribution in [2.45, 2.75) is 141 Å². The standard InChI is InChI=1S/C36H58O17S2/c1-18-9-12-36(30(42)52-29-26(41)25(40)24(39)21(16-37)51-29)14-13-33(4)19(27(36)35(18,6)43)7-8-23-31(2)15-20(38)28(53-55(47,48)49)32(3,17-50-54(44,45)46)22(31)10-11-34(23,33)5/h7,18,20-29,37-41,43H,8-17H2,1-6H3,(H,44,45,46)(H,47,48,49)/t18-,20-,21-,22-,23-,24-,25+,26-,27-,28+,29+,31+,32+,33-,34-,35-,36+/m1/s1. The van der Waals surface area contributed by atoms with E-state index in [0.717, 1.165) is 5.57 Å². The lowest BCUT2D eigenvalue weighted by atomic mass is 9.33. The van der Waals surface area contributed by atoms with Gasteiger partial charge in [-0.05, 0) is 92.3 Å². The molecular weight excluding hydrogens is 769 g/mol. The number of ether oxygens (including phenoxy) is 2. The van der Waals surface area contributed by atoms with Crippen LogP contribution in [0.1, 0.15) is 92.9 Å². The predicted molar refractivity (Wildman–Crippen MR) is 190 cm³/mol. The molecule has 6 aliphatic rings. The van der Waals surface area contributed by atoms with Gasteiger partial charge in [-0.3, -0.25) is 13.9 Å². The smallest absolute Gasteiger partial charge is 0.397 e. The van der Waals surface area contributed by atoms with E-state index in [1.54, 1.807) is 6.92 Å². The highest BCUT2D eigenvalue weighted by Crippen LogP contribution is 2.76. The highest BCUT2D eigenvalue weighted by Gasteiger charge is 2.73. The predicted octanol–water partition coefficient (Wildman–Crippen LogP) is 1.06. The van der Waals surface area contributed by atoms with Gasteiger partial charge in [-0.1, -0.05) is 46.3 Å². The summed E-state index contributed by atoms with van der Waals surface area (Å²) in [5.74, 6) is -2.51. The normalized spacial score (nSPS) is 51.5. The molecule has 17 nitrogen and oxygen atoms in total. The molecule has 0 unspecified atom stereocenters. The first kappa shape index (κ1) is 43.3. The van der Waals surface area contributed by atoms with Crippen LogP contribution in [-0.2, 0) is 43.4 Å². The van der Waals surface area contributed by atoms with Crippen LogP contribution < -0.4 is 0 Å². The molecule has 0 aromatic carbocycles. The zero-order valence-electron chi connectivity index (χ0n) is 32.1. The molecule has 4 saturated carbocycles. The van der Waals surface area contributed by atoms with Crippen LogP contribution >= 0.6 is 0 Å². The molecule has 5 fully saturated rings. The second-order valence-electron chi connectivity index (χ2n) is 18.6. The summed E-state index contributed by atoms with van der Waals surface area (Å²) >= 11 is 0. The van der Waals surface area contributed by atoms with Crippen LogP contribution in [0.25, 0.3) is 0 Å². The summed E-state index contributed by atoms with van der Waals surface area (Å²) in [6.45, 7) is 9.92. The second-order valence-corrected chi connectivity index (χ2v) is 20.7. The molecule has 1 aliphatic heterocycles. The van der Waals surface area contributed by atoms with E-state index in [-0.39, 0.29) is 24.7 Å². The van der Waals surface area contributed by atoms with Gasteiger partial charge >= 0.3 is 26.8 Å². The zero-order valence-corrected chi connectivity index (χ0v) is 33.7. The molecule has 8 N–H and O–H groups in total. The number of carbonyl (C=O) groups excluding carboxylic acids is 1. The monoisotopic (exact) mass is 826 g/mol. The van der Waals surface area contributed by atoms with Crippen molar-refractivity contribution in [1.29, 1.82) is 0 Å². The summed E-state index contributed by atoms with van der Waals surface area (Å²) in [4.78, 5) is 14.6. The van der Waals surface area contributed by atoms with Gasteiger partial charge < -0.3 is 40.1 Å². The second kappa shape index (κ2) is 13.9. The van der Waals surface area contributed by atoms with Crippen LogP contribution in [-0.4, -0.2) is 124 Å². The Hall–Kier alpha value is -1.33. The Morgan fingerprint density at radius 2 is 1.55 bits per heavy atom. The quantitative estimate of drug-likeness (QED) is 0.0965. The molecule has 0 amide bonds. The Labute approximate surface area is 322 Å². The van der Waals surface area contributed by atoms with Crippen molar-refractivity contribution >= 4 is 26.8 Å². The Balaban J connectivity index is 1.40. The van der Waals surface area contributed by atoms with Crippen molar-refractivity contribution in [1.82, 2.24) is 0 Å². The molecule has 316 valence electrons. The maximum atomic E-state index is 14.6. The Morgan fingerprint density at radius 1 is 0.891 bits per heavy atom. The number of aliphatic hydroxyl groups excluding tert-OH is 5. The number of aliphatic hydroxyl groups is 6. The van der Waals surface area contributed by atoms with Crippen LogP contribution in [0.5, 0.6) is 0 Å². The van der Waals surface area contributed by atoms with Crippen LogP contribution in [0.2, 0.25) is 0 Å². The highest BCUT2D eigenvalue weighted by molar-refractivity contribution is 7.81. The average molecular weight is 827 g/mol. The van der Waals surface area contributed by atoms with Crippen LogP contribution in [0.3, 0.4) is 0 Å². The minimum absolute atomic E-state index is 0.0202. The van der Waals surface area contributed by atoms with Crippen molar-refractivity contribution in [3.05, 3.63) is 11.6 Å². The molecule has 0 spiro atoms. The zero-order chi connectivity index (χ0) is 41.1. The van der Waals surface area contributed by atoms with Gasteiger partial charge in [-0.25, -0.2) is 8.37 Å². The third-order valence-corrected chi connectivity index (χ3v) is 16.9. The average Bonchev–Trinajstić information content (AvgIpc) is 3.07. The molecule has 55 heavy (non-hydrogen) atoms. The Morgan fingerprint density at radius 3 is 2.15 bits per heavy atom. The molecular formula is C36H58O17S2. The molecule has 1 saturated heterocycles. The summed E-state index contributed by atoms with van der Waals surface area (Å²) in [5.41, 5.74) is -5.40. The first-order chi connectivity index (χ1) is 25.1. The highest BCUT2D eigenvalue weighted by atomic mass is 32.3. The van der Waals surface area contributed by atoms with Gasteiger partial charge in [0.2, 0.25) is 6.29 Å². The first-order valence-corrected chi connectivity index (χ1v) is 21.8. The lowest BCUT2D eigenvalue weighted by Gasteiger charge is -2.72. The summed E-state index contributed by atoms with van der Waals surface area (Å²) in [6, 6.07) is 0. The molecule has 6 rings (SSSR count). The van der Waals surface area contributed by atoms with E-state index in [1.807, 2.05) is 19.9 Å². The number of allylic oxidation sites excluding steroid dienone is 1. The molecule has 0 radical (unpaired) electrons. The van der Waals surface area contributed by atoms with E-state index in [0.29, 0.717) is 38.5 Å². The molecule has 19 heteroatoms. The number of hydrogen-bond donors (Lipinski definition) is 8. The number of esters is 1. The molecule has 0 bridgehead atoms. The third-order valence-electron chi connectivity index (χ3n) is 16.0. The van der Waals surface area contributed by atoms with Gasteiger partial charge in [-0.2, -0.15) is 16.8 Å². The fraction of sp³-hybridized carbons (Fsp3) is 0.917. The van der Waals surface area contributed by atoms with Crippen molar-refractivity contribution in [2.24, 2.45) is 50.7 Å². The lowest BCUT2D eigenvalue weighted by molar-refractivity contribution is -0.299. The number of carbonyl (C=O) groups is 1. The van der Waals surface area contributed by atoms with Crippen LogP contribution in [0, 0.1) is 50.7 Å². The fourth-order valence-corrected chi connectivity index (χ4v) is 13.9. The molecule has 1 heterocycles. The molecule has 17 atom stereocenters. The largest absolute Gasteiger partial charge is 0.432 e. The van der Waals surface area contributed by atoms with Crippen LogP contribution in [0.4, 0.5) is 0 Å². The summed E-state index contributed by atoms with van der Waals surface area (Å²) in [6.07, 6.45) is -6.43. The van der Waals surface area contributed by atoms with Gasteiger partial charge in [0.1, 0.15) is 30.5 Å². The number of fused-ring (bicyclic) bond motifs is 7. The van der Waals surface area contributed by atoms with Gasteiger partial charge in [0.25, 0.3) is 0 Å². The number of hydrogen-bond acceptors (Lipinski definition) is 15. The minimum Gasteiger partial charge on any atom is -0.432 e. The molecule has 5 aliphatic carbocycles. The van der Waals surface area contributed by atoms with Crippen molar-refractivity contribution < 1.29 is 79.2 Å². The van der Waals surface area contributed by atoms with Crippen molar-refractivity contribution in [3.63, 3.8) is 0 Å². The SMILES string of the molecule is C[C@@H]1CC[C@]2(C(=O)O[C@@H]3O[C@H](CO)[C@@H](O)[C@H](O)[C@H]3O)CC[C@]3(C)C(=CC[C@@H]4[C@@]5(C)C[C@@H](O)[C@H](OS(=O)(=O)O)[C@@](C)(COS(=O)(=O)O)[C@@H]5CC[C@]43C)[C@@H]2[C@]1(C)O. The van der Waals surface area contributed by atoms with E-state index >= 15 is 0 Å². The van der Waals surface area contributed by atoms with Crippen molar-refractivity contribution in [3.8, 4) is 0 Å². The van der Waals surface area contributed by atoms with Crippen LogP contribution in [0.15, 0.2) is 11.6 Å². The van der Waals surface area contributed by atoms with Gasteiger partial charge in [0.15, 0.2) is 0 Å². The minimum atomic E-state index is -5.12. The molecule has 0 aromatic heterocycles. The topological polar surface area (TPSA) is 284 Å². The van der Waals surface area contributed by atoms with Gasteiger partial charge in [0, 0.05) is 11.3 Å². The Bertz CT molecular complexity index is 1770. The maximum Gasteiger partial charge on any atom is 0.397 e. The first-order valence-electron chi connectivity index (χ1n) is 19.0. The van der Waals surface area contributed by atoms with E-state index in [2.05, 4.69) is 13.8 Å². The van der Waals surface area contributed by atoms with Gasteiger partial charge in [-0.15, -0.1) is 0 Å². The Kier molecular flexibility index (Phi) is 10.9.